The third kappa shape index (κ3) is 1.36. The van der Waals surface area contributed by atoms with E-state index in [9.17, 15) is 0 Å². The van der Waals surface area contributed by atoms with Gasteiger partial charge in [-0.05, 0) is 26.7 Å². The highest BCUT2D eigenvalue weighted by molar-refractivity contribution is 5.60. The van der Waals surface area contributed by atoms with Gasteiger partial charge >= 0.3 is 0 Å². The van der Waals surface area contributed by atoms with Crippen LogP contribution in [0, 0.1) is 6.92 Å². The van der Waals surface area contributed by atoms with Gasteiger partial charge in [0.2, 0.25) is 0 Å². The van der Waals surface area contributed by atoms with E-state index in [-0.39, 0.29) is 0 Å². The summed E-state index contributed by atoms with van der Waals surface area (Å²) >= 11 is 0. The SMILES string of the molecule is Cc1nc(N2CCCC2C)c(N)[nH]1. The number of aryl methyl sites for hydroxylation is 1. The first kappa shape index (κ1) is 8.41. The van der Waals surface area contributed by atoms with Crippen molar-refractivity contribution in [1.29, 1.82) is 0 Å². The molecule has 4 nitrogen and oxygen atoms in total. The minimum atomic E-state index is 0.574. The minimum Gasteiger partial charge on any atom is -0.382 e. The van der Waals surface area contributed by atoms with Crippen molar-refractivity contribution in [3.63, 3.8) is 0 Å². The molecular formula is C9H16N4. The Hall–Kier alpha value is -1.19. The van der Waals surface area contributed by atoms with Crippen LogP contribution in [0.3, 0.4) is 0 Å². The van der Waals surface area contributed by atoms with Crippen LogP contribution in [0.15, 0.2) is 0 Å². The number of aromatic nitrogens is 2. The van der Waals surface area contributed by atoms with E-state index < -0.39 is 0 Å². The molecule has 72 valence electrons. The quantitative estimate of drug-likeness (QED) is 0.684. The zero-order valence-corrected chi connectivity index (χ0v) is 8.17. The van der Waals surface area contributed by atoms with Gasteiger partial charge in [-0.25, -0.2) is 4.98 Å². The third-order valence-electron chi connectivity index (χ3n) is 2.66. The van der Waals surface area contributed by atoms with E-state index in [1.807, 2.05) is 6.92 Å². The summed E-state index contributed by atoms with van der Waals surface area (Å²) in [5.74, 6) is 2.53. The second-order valence-corrected chi connectivity index (χ2v) is 3.74. The number of nitrogens with two attached hydrogens (primary N) is 1. The molecule has 0 amide bonds. The molecule has 1 atom stereocenters. The van der Waals surface area contributed by atoms with Crippen LogP contribution in [-0.4, -0.2) is 22.6 Å². The zero-order chi connectivity index (χ0) is 9.42. The smallest absolute Gasteiger partial charge is 0.171 e. The summed E-state index contributed by atoms with van der Waals surface area (Å²) in [7, 11) is 0. The summed E-state index contributed by atoms with van der Waals surface area (Å²) < 4.78 is 0. The summed E-state index contributed by atoms with van der Waals surface area (Å²) in [4.78, 5) is 9.69. The first-order valence-corrected chi connectivity index (χ1v) is 4.77. The second-order valence-electron chi connectivity index (χ2n) is 3.74. The van der Waals surface area contributed by atoms with E-state index >= 15 is 0 Å². The van der Waals surface area contributed by atoms with Gasteiger partial charge in [-0.15, -0.1) is 0 Å². The number of aromatic amines is 1. The van der Waals surface area contributed by atoms with Crippen LogP contribution in [0.25, 0.3) is 0 Å². The van der Waals surface area contributed by atoms with E-state index in [0.717, 1.165) is 18.2 Å². The summed E-state index contributed by atoms with van der Waals surface area (Å²) in [5, 5.41) is 0. The van der Waals surface area contributed by atoms with Crippen LogP contribution < -0.4 is 10.6 Å². The fourth-order valence-corrected chi connectivity index (χ4v) is 1.96. The van der Waals surface area contributed by atoms with Gasteiger partial charge in [-0.2, -0.15) is 0 Å². The summed E-state index contributed by atoms with van der Waals surface area (Å²) in [6, 6.07) is 0.574. The molecule has 1 aliphatic rings. The van der Waals surface area contributed by atoms with Crippen LogP contribution in [0.5, 0.6) is 0 Å². The summed E-state index contributed by atoms with van der Waals surface area (Å²) in [5.41, 5.74) is 5.82. The molecule has 0 aromatic carbocycles. The molecule has 3 N–H and O–H groups in total. The molecule has 1 aromatic heterocycles. The molecule has 1 saturated heterocycles. The lowest BCUT2D eigenvalue weighted by molar-refractivity contribution is 0.729. The molecule has 4 heteroatoms. The number of imidazole rings is 1. The monoisotopic (exact) mass is 180 g/mol. The Balaban J connectivity index is 2.28. The highest BCUT2D eigenvalue weighted by atomic mass is 15.3. The van der Waals surface area contributed by atoms with Crippen LogP contribution in [0.2, 0.25) is 0 Å². The van der Waals surface area contributed by atoms with Crippen molar-refractivity contribution in [2.45, 2.75) is 32.7 Å². The van der Waals surface area contributed by atoms with Gasteiger partial charge in [0.25, 0.3) is 0 Å². The van der Waals surface area contributed by atoms with Gasteiger partial charge in [-0.1, -0.05) is 0 Å². The second kappa shape index (κ2) is 2.94. The number of hydrogen-bond donors (Lipinski definition) is 2. The van der Waals surface area contributed by atoms with Crippen LogP contribution in [0.1, 0.15) is 25.6 Å². The molecule has 2 rings (SSSR count). The fourth-order valence-electron chi connectivity index (χ4n) is 1.96. The molecule has 0 radical (unpaired) electrons. The lowest BCUT2D eigenvalue weighted by Gasteiger charge is -2.21. The number of hydrogen-bond acceptors (Lipinski definition) is 3. The Morgan fingerprint density at radius 3 is 2.85 bits per heavy atom. The topological polar surface area (TPSA) is 57.9 Å². The van der Waals surface area contributed by atoms with Crippen molar-refractivity contribution in [2.24, 2.45) is 0 Å². The van der Waals surface area contributed by atoms with Gasteiger partial charge in [-0.3, -0.25) is 0 Å². The highest BCUT2D eigenvalue weighted by Crippen LogP contribution is 2.27. The van der Waals surface area contributed by atoms with E-state index in [2.05, 4.69) is 21.8 Å². The van der Waals surface area contributed by atoms with Gasteiger partial charge in [0, 0.05) is 12.6 Å². The predicted molar refractivity (Wildman–Crippen MR) is 53.8 cm³/mol. The van der Waals surface area contributed by atoms with Gasteiger partial charge in [0.05, 0.1) is 0 Å². The molecule has 0 spiro atoms. The first-order valence-electron chi connectivity index (χ1n) is 4.77. The Morgan fingerprint density at radius 2 is 2.38 bits per heavy atom. The number of nitrogen functional groups attached to an aromatic ring is 1. The molecule has 1 aromatic rings. The molecule has 1 fully saturated rings. The Labute approximate surface area is 78.1 Å². The van der Waals surface area contributed by atoms with Gasteiger partial charge in [0.15, 0.2) is 5.82 Å². The average molecular weight is 180 g/mol. The lowest BCUT2D eigenvalue weighted by Crippen LogP contribution is -2.27. The molecular weight excluding hydrogens is 164 g/mol. The van der Waals surface area contributed by atoms with E-state index in [4.69, 9.17) is 5.73 Å². The molecule has 0 saturated carbocycles. The Morgan fingerprint density at radius 1 is 1.62 bits per heavy atom. The van der Waals surface area contributed by atoms with E-state index in [1.165, 1.54) is 12.8 Å². The van der Waals surface area contributed by atoms with Crippen LogP contribution in [0.4, 0.5) is 11.6 Å². The van der Waals surface area contributed by atoms with Crippen molar-refractivity contribution in [3.8, 4) is 0 Å². The lowest BCUT2D eigenvalue weighted by atomic mass is 10.2. The number of rotatable bonds is 1. The largest absolute Gasteiger partial charge is 0.382 e. The molecule has 13 heavy (non-hydrogen) atoms. The fraction of sp³-hybridized carbons (Fsp3) is 0.667. The summed E-state index contributed by atoms with van der Waals surface area (Å²) in [6.45, 7) is 5.23. The molecule has 1 aliphatic heterocycles. The molecule has 1 unspecified atom stereocenters. The van der Waals surface area contributed by atoms with E-state index in [1.54, 1.807) is 0 Å². The van der Waals surface area contributed by atoms with E-state index in [0.29, 0.717) is 11.9 Å². The summed E-state index contributed by atoms with van der Waals surface area (Å²) in [6.07, 6.45) is 2.48. The maximum atomic E-state index is 5.82. The van der Waals surface area contributed by atoms with Crippen molar-refractivity contribution < 1.29 is 0 Å². The highest BCUT2D eigenvalue weighted by Gasteiger charge is 2.24. The normalized spacial score (nSPS) is 22.6. The minimum absolute atomic E-state index is 0.574. The maximum absolute atomic E-state index is 5.82. The standard InChI is InChI=1S/C9H16N4/c1-6-4-3-5-13(6)9-8(10)11-7(2)12-9/h6H,3-5,10H2,1-2H3,(H,11,12). The van der Waals surface area contributed by atoms with Crippen molar-refractivity contribution >= 4 is 11.6 Å². The first-order chi connectivity index (χ1) is 6.18. The van der Waals surface area contributed by atoms with Crippen LogP contribution in [-0.2, 0) is 0 Å². The number of anilines is 2. The number of nitrogens with one attached hydrogen (secondary N) is 1. The van der Waals surface area contributed by atoms with Gasteiger partial charge < -0.3 is 15.6 Å². The molecule has 0 bridgehead atoms. The van der Waals surface area contributed by atoms with Crippen molar-refractivity contribution in [1.82, 2.24) is 9.97 Å². The Bertz CT molecular complexity index is 305. The van der Waals surface area contributed by atoms with Crippen molar-refractivity contribution in [2.75, 3.05) is 17.2 Å². The number of nitrogens with zero attached hydrogens (tertiary/aromatic N) is 2. The van der Waals surface area contributed by atoms with Crippen molar-refractivity contribution in [3.05, 3.63) is 5.82 Å². The molecule has 2 heterocycles. The predicted octanol–water partition coefficient (Wildman–Crippen LogP) is 1.29. The van der Waals surface area contributed by atoms with Gasteiger partial charge in [0.1, 0.15) is 11.6 Å². The van der Waals surface area contributed by atoms with Crippen LogP contribution >= 0.6 is 0 Å². The molecule has 0 aliphatic carbocycles. The average Bonchev–Trinajstić information content (AvgIpc) is 2.58. The number of H-pyrrole nitrogens is 1. The maximum Gasteiger partial charge on any atom is 0.171 e. The zero-order valence-electron chi connectivity index (χ0n) is 8.17. The Kier molecular flexibility index (Phi) is 1.90. The third-order valence-corrected chi connectivity index (χ3v) is 2.66.